The largest absolute Gasteiger partial charge is 0.481 e. The van der Waals surface area contributed by atoms with Gasteiger partial charge in [0.1, 0.15) is 0 Å². The Bertz CT molecular complexity index is 300. The van der Waals surface area contributed by atoms with E-state index < -0.39 is 23.3 Å². The molecule has 0 amide bonds. The second-order valence-electron chi connectivity index (χ2n) is 5.41. The molecule has 0 spiro atoms. The minimum atomic E-state index is -1.02. The molecule has 2 N–H and O–H groups in total. The molecule has 1 rings (SSSR count). The zero-order valence-corrected chi connectivity index (χ0v) is 11.2. The summed E-state index contributed by atoms with van der Waals surface area (Å²) in [5, 5.41) is 18.8. The van der Waals surface area contributed by atoms with Gasteiger partial charge in [0.05, 0.1) is 11.3 Å². The van der Waals surface area contributed by atoms with E-state index >= 15 is 0 Å². The van der Waals surface area contributed by atoms with Gasteiger partial charge in [-0.25, -0.2) is 0 Å². The Kier molecular flexibility index (Phi) is 5.63. The van der Waals surface area contributed by atoms with E-state index in [0.29, 0.717) is 19.3 Å². The molecule has 0 radical (unpaired) electrons. The van der Waals surface area contributed by atoms with Crippen molar-refractivity contribution in [1.29, 1.82) is 0 Å². The maximum atomic E-state index is 11.6. The first-order valence-electron chi connectivity index (χ1n) is 7.01. The van der Waals surface area contributed by atoms with Crippen LogP contribution in [0.5, 0.6) is 0 Å². The molecule has 0 saturated heterocycles. The van der Waals surface area contributed by atoms with E-state index in [9.17, 15) is 19.8 Å². The van der Waals surface area contributed by atoms with Gasteiger partial charge in [0.15, 0.2) is 0 Å². The first kappa shape index (κ1) is 15.0. The average molecular weight is 256 g/mol. The molecular weight excluding hydrogens is 232 g/mol. The summed E-state index contributed by atoms with van der Waals surface area (Å²) in [6, 6.07) is 0. The standard InChI is InChI=1S/C14H24O4/c1-2-3-4-6-9-14(13(17)18)10-7-5-8-11(14)12(15)16/h11H,2-10H2,1H3,(H,15,16)(H,17,18). The molecule has 0 aliphatic heterocycles. The smallest absolute Gasteiger partial charge is 0.310 e. The molecule has 18 heavy (non-hydrogen) atoms. The molecule has 104 valence electrons. The van der Waals surface area contributed by atoms with E-state index in [4.69, 9.17) is 0 Å². The van der Waals surface area contributed by atoms with Crippen molar-refractivity contribution in [1.82, 2.24) is 0 Å². The SMILES string of the molecule is CCCCCCC1(C(=O)O)CCCCC1C(=O)O. The van der Waals surface area contributed by atoms with Gasteiger partial charge in [0, 0.05) is 0 Å². The molecule has 1 aliphatic rings. The maximum absolute atomic E-state index is 11.6. The highest BCUT2D eigenvalue weighted by molar-refractivity contribution is 5.83. The summed E-state index contributed by atoms with van der Waals surface area (Å²) in [5.41, 5.74) is -1.02. The topological polar surface area (TPSA) is 74.6 Å². The lowest BCUT2D eigenvalue weighted by atomic mass is 9.63. The molecule has 1 fully saturated rings. The van der Waals surface area contributed by atoms with E-state index in [1.165, 1.54) is 0 Å². The van der Waals surface area contributed by atoms with Crippen LogP contribution in [-0.4, -0.2) is 22.2 Å². The normalized spacial score (nSPS) is 27.9. The quantitative estimate of drug-likeness (QED) is 0.685. The van der Waals surface area contributed by atoms with Gasteiger partial charge < -0.3 is 10.2 Å². The molecule has 2 unspecified atom stereocenters. The van der Waals surface area contributed by atoms with Crippen LogP contribution in [0.15, 0.2) is 0 Å². The minimum absolute atomic E-state index is 0.509. The number of hydrogen-bond acceptors (Lipinski definition) is 2. The number of rotatable bonds is 7. The Morgan fingerprint density at radius 1 is 1.17 bits per heavy atom. The molecule has 4 heteroatoms. The van der Waals surface area contributed by atoms with E-state index in [2.05, 4.69) is 6.92 Å². The van der Waals surface area contributed by atoms with E-state index in [1.54, 1.807) is 0 Å². The molecular formula is C14H24O4. The molecule has 0 aromatic heterocycles. The van der Waals surface area contributed by atoms with Crippen molar-refractivity contribution in [2.45, 2.75) is 64.7 Å². The van der Waals surface area contributed by atoms with Crippen LogP contribution < -0.4 is 0 Å². The van der Waals surface area contributed by atoms with Gasteiger partial charge in [-0.1, -0.05) is 45.4 Å². The van der Waals surface area contributed by atoms with E-state index in [0.717, 1.165) is 38.5 Å². The highest BCUT2D eigenvalue weighted by atomic mass is 16.4. The second-order valence-corrected chi connectivity index (χ2v) is 5.41. The third kappa shape index (κ3) is 3.24. The monoisotopic (exact) mass is 256 g/mol. The Hall–Kier alpha value is -1.06. The molecule has 0 bridgehead atoms. The van der Waals surface area contributed by atoms with Crippen molar-refractivity contribution < 1.29 is 19.8 Å². The zero-order chi connectivity index (χ0) is 13.6. The first-order valence-corrected chi connectivity index (χ1v) is 7.01. The molecule has 0 aromatic carbocycles. The summed E-state index contributed by atoms with van der Waals surface area (Å²) < 4.78 is 0. The predicted octanol–water partition coefficient (Wildman–Crippen LogP) is 3.30. The molecule has 4 nitrogen and oxygen atoms in total. The Morgan fingerprint density at radius 3 is 2.44 bits per heavy atom. The molecule has 0 aromatic rings. The molecule has 0 heterocycles. The number of carbonyl (C=O) groups is 2. The zero-order valence-electron chi connectivity index (χ0n) is 11.2. The summed E-state index contributed by atoms with van der Waals surface area (Å²) in [5.74, 6) is -2.55. The highest BCUT2D eigenvalue weighted by Crippen LogP contribution is 2.45. The Morgan fingerprint density at radius 2 is 1.89 bits per heavy atom. The van der Waals surface area contributed by atoms with Crippen molar-refractivity contribution in [2.75, 3.05) is 0 Å². The van der Waals surface area contributed by atoms with Gasteiger partial charge >= 0.3 is 11.9 Å². The van der Waals surface area contributed by atoms with Crippen LogP contribution in [0.3, 0.4) is 0 Å². The summed E-state index contributed by atoms with van der Waals surface area (Å²) in [6.45, 7) is 2.10. The lowest BCUT2D eigenvalue weighted by molar-refractivity contribution is -0.166. The lowest BCUT2D eigenvalue weighted by Gasteiger charge is -2.38. The fraction of sp³-hybridized carbons (Fsp3) is 0.857. The second kappa shape index (κ2) is 6.76. The van der Waals surface area contributed by atoms with Crippen LogP contribution >= 0.6 is 0 Å². The minimum Gasteiger partial charge on any atom is -0.481 e. The van der Waals surface area contributed by atoms with Crippen molar-refractivity contribution in [2.24, 2.45) is 11.3 Å². The number of carboxylic acid groups (broad SMARTS) is 2. The molecule has 2 atom stereocenters. The predicted molar refractivity (Wildman–Crippen MR) is 68.4 cm³/mol. The van der Waals surface area contributed by atoms with Gasteiger partial charge in [0.2, 0.25) is 0 Å². The van der Waals surface area contributed by atoms with Crippen LogP contribution in [-0.2, 0) is 9.59 Å². The highest BCUT2D eigenvalue weighted by Gasteiger charge is 2.50. The Labute approximate surface area is 108 Å². The van der Waals surface area contributed by atoms with Crippen LogP contribution in [0.1, 0.15) is 64.7 Å². The summed E-state index contributed by atoms with van der Waals surface area (Å²) in [4.78, 5) is 22.9. The van der Waals surface area contributed by atoms with Gasteiger partial charge in [-0.15, -0.1) is 0 Å². The van der Waals surface area contributed by atoms with Crippen LogP contribution in [0.25, 0.3) is 0 Å². The lowest BCUT2D eigenvalue weighted by Crippen LogP contribution is -2.44. The third-order valence-corrected chi connectivity index (χ3v) is 4.23. The van der Waals surface area contributed by atoms with Crippen LogP contribution in [0.4, 0.5) is 0 Å². The fourth-order valence-corrected chi connectivity index (χ4v) is 3.13. The third-order valence-electron chi connectivity index (χ3n) is 4.23. The molecule has 1 aliphatic carbocycles. The average Bonchev–Trinajstić information content (AvgIpc) is 2.34. The van der Waals surface area contributed by atoms with Gasteiger partial charge in [-0.05, 0) is 19.3 Å². The Balaban J connectivity index is 2.75. The summed E-state index contributed by atoms with van der Waals surface area (Å²) in [6.07, 6.45) is 7.22. The number of aliphatic carboxylic acids is 2. The van der Waals surface area contributed by atoms with E-state index in [1.807, 2.05) is 0 Å². The van der Waals surface area contributed by atoms with Crippen molar-refractivity contribution in [3.63, 3.8) is 0 Å². The van der Waals surface area contributed by atoms with Gasteiger partial charge in [-0.3, -0.25) is 9.59 Å². The summed E-state index contributed by atoms with van der Waals surface area (Å²) >= 11 is 0. The fourth-order valence-electron chi connectivity index (χ4n) is 3.13. The van der Waals surface area contributed by atoms with Crippen molar-refractivity contribution in [3.8, 4) is 0 Å². The summed E-state index contributed by atoms with van der Waals surface area (Å²) in [7, 11) is 0. The van der Waals surface area contributed by atoms with Gasteiger partial charge in [-0.2, -0.15) is 0 Å². The number of hydrogen-bond donors (Lipinski definition) is 2. The first-order chi connectivity index (χ1) is 8.54. The van der Waals surface area contributed by atoms with Crippen molar-refractivity contribution in [3.05, 3.63) is 0 Å². The van der Waals surface area contributed by atoms with Gasteiger partial charge in [0.25, 0.3) is 0 Å². The van der Waals surface area contributed by atoms with Crippen LogP contribution in [0.2, 0.25) is 0 Å². The number of unbranched alkanes of at least 4 members (excludes halogenated alkanes) is 3. The maximum Gasteiger partial charge on any atom is 0.310 e. The number of carboxylic acids is 2. The van der Waals surface area contributed by atoms with E-state index in [-0.39, 0.29) is 0 Å². The molecule has 1 saturated carbocycles. The van der Waals surface area contributed by atoms with Crippen molar-refractivity contribution >= 4 is 11.9 Å². The van der Waals surface area contributed by atoms with Crippen LogP contribution in [0, 0.1) is 11.3 Å².